The zero-order chi connectivity index (χ0) is 18.9. The van der Waals surface area contributed by atoms with E-state index in [-0.39, 0.29) is 0 Å². The van der Waals surface area contributed by atoms with E-state index in [9.17, 15) is 0 Å². The number of thiocarbonyl (C=S) groups is 1. The number of pyridine rings is 1. The Morgan fingerprint density at radius 2 is 1.81 bits per heavy atom. The monoisotopic (exact) mass is 385 g/mol. The van der Waals surface area contributed by atoms with Crippen LogP contribution in [0.15, 0.2) is 48.7 Å². The molecule has 0 unspecified atom stereocenters. The standard InChI is InChI=1S/C20H27N5OS/c1-26-15-5-10-21-20(27)23-17-8-9-19(22-16-17)25-13-11-24(12-14-25)18-6-3-2-4-7-18/h2-4,6-9,16H,5,10-15H2,1H3,(H2,21,23,27). The Kier molecular flexibility index (Phi) is 7.24. The molecule has 1 aromatic carbocycles. The molecule has 27 heavy (non-hydrogen) atoms. The number of anilines is 3. The van der Waals surface area contributed by atoms with Crippen LogP contribution < -0.4 is 20.4 Å². The first-order valence-corrected chi connectivity index (χ1v) is 9.72. The van der Waals surface area contributed by atoms with Gasteiger partial charge in [0, 0.05) is 52.1 Å². The van der Waals surface area contributed by atoms with Gasteiger partial charge in [-0.3, -0.25) is 0 Å². The summed E-state index contributed by atoms with van der Waals surface area (Å²) in [5, 5.41) is 6.94. The van der Waals surface area contributed by atoms with Gasteiger partial charge in [0.1, 0.15) is 5.82 Å². The van der Waals surface area contributed by atoms with E-state index in [1.807, 2.05) is 18.3 Å². The third kappa shape index (κ3) is 5.80. The third-order valence-electron chi connectivity index (χ3n) is 4.54. The molecule has 0 bridgehead atoms. The van der Waals surface area contributed by atoms with E-state index < -0.39 is 0 Å². The maximum Gasteiger partial charge on any atom is 0.170 e. The second-order valence-corrected chi connectivity index (χ2v) is 6.85. The highest BCUT2D eigenvalue weighted by Gasteiger charge is 2.18. The van der Waals surface area contributed by atoms with Gasteiger partial charge in [-0.2, -0.15) is 0 Å². The van der Waals surface area contributed by atoms with Crippen LogP contribution in [0.4, 0.5) is 17.2 Å². The van der Waals surface area contributed by atoms with Crippen molar-refractivity contribution >= 4 is 34.5 Å². The van der Waals surface area contributed by atoms with E-state index in [0.29, 0.717) is 5.11 Å². The molecule has 6 nitrogen and oxygen atoms in total. The molecule has 1 aliphatic heterocycles. The molecule has 1 saturated heterocycles. The Morgan fingerprint density at radius 1 is 1.07 bits per heavy atom. The van der Waals surface area contributed by atoms with Gasteiger partial charge in [0.2, 0.25) is 0 Å². The Hall–Kier alpha value is -2.38. The average molecular weight is 386 g/mol. The van der Waals surface area contributed by atoms with Crippen LogP contribution in [-0.4, -0.2) is 56.5 Å². The number of para-hydroxylation sites is 1. The summed E-state index contributed by atoms with van der Waals surface area (Å²) in [6, 6.07) is 14.6. The number of ether oxygens (including phenoxy) is 1. The second-order valence-electron chi connectivity index (χ2n) is 6.44. The highest BCUT2D eigenvalue weighted by molar-refractivity contribution is 7.80. The van der Waals surface area contributed by atoms with Crippen molar-refractivity contribution in [3.05, 3.63) is 48.7 Å². The smallest absolute Gasteiger partial charge is 0.170 e. The zero-order valence-corrected chi connectivity index (χ0v) is 16.5. The minimum Gasteiger partial charge on any atom is -0.385 e. The lowest BCUT2D eigenvalue weighted by Gasteiger charge is -2.36. The van der Waals surface area contributed by atoms with Crippen LogP contribution in [-0.2, 0) is 4.74 Å². The summed E-state index contributed by atoms with van der Waals surface area (Å²) in [6.45, 7) is 5.45. The maximum absolute atomic E-state index is 5.30. The SMILES string of the molecule is COCCCNC(=S)Nc1ccc(N2CCN(c3ccccc3)CC2)nc1. The number of aromatic nitrogens is 1. The summed E-state index contributed by atoms with van der Waals surface area (Å²) in [5.41, 5.74) is 2.18. The van der Waals surface area contributed by atoms with Crippen molar-refractivity contribution in [3.8, 4) is 0 Å². The molecular formula is C20H27N5OS. The molecule has 2 heterocycles. The third-order valence-corrected chi connectivity index (χ3v) is 4.79. The number of hydrogen-bond donors (Lipinski definition) is 2. The summed E-state index contributed by atoms with van der Waals surface area (Å²) >= 11 is 5.30. The van der Waals surface area contributed by atoms with E-state index in [1.165, 1.54) is 5.69 Å². The van der Waals surface area contributed by atoms with Gasteiger partial charge >= 0.3 is 0 Å². The van der Waals surface area contributed by atoms with E-state index in [0.717, 1.165) is 57.3 Å². The second kappa shape index (κ2) is 10.1. The first-order chi connectivity index (χ1) is 13.3. The van der Waals surface area contributed by atoms with Crippen LogP contribution in [0.25, 0.3) is 0 Å². The molecule has 0 radical (unpaired) electrons. The van der Waals surface area contributed by atoms with Crippen molar-refractivity contribution in [2.45, 2.75) is 6.42 Å². The zero-order valence-electron chi connectivity index (χ0n) is 15.7. The maximum atomic E-state index is 5.30. The number of benzene rings is 1. The molecule has 2 aromatic rings. The molecule has 0 amide bonds. The highest BCUT2D eigenvalue weighted by Crippen LogP contribution is 2.19. The summed E-state index contributed by atoms with van der Waals surface area (Å²) in [5.74, 6) is 1.01. The van der Waals surface area contributed by atoms with Crippen LogP contribution >= 0.6 is 12.2 Å². The molecule has 3 rings (SSSR count). The van der Waals surface area contributed by atoms with E-state index in [2.05, 4.69) is 55.7 Å². The minimum absolute atomic E-state index is 0.608. The van der Waals surface area contributed by atoms with E-state index in [4.69, 9.17) is 17.0 Å². The predicted molar refractivity (Wildman–Crippen MR) is 116 cm³/mol. The number of nitrogens with zero attached hydrogens (tertiary/aromatic N) is 3. The number of methoxy groups -OCH3 is 1. The molecule has 2 N–H and O–H groups in total. The fourth-order valence-electron chi connectivity index (χ4n) is 3.07. The van der Waals surface area contributed by atoms with Crippen molar-refractivity contribution < 1.29 is 4.74 Å². The Balaban J connectivity index is 1.46. The van der Waals surface area contributed by atoms with Gasteiger partial charge in [0.15, 0.2) is 5.11 Å². The van der Waals surface area contributed by atoms with Crippen molar-refractivity contribution in [2.75, 3.05) is 61.6 Å². The molecule has 0 spiro atoms. The Bertz CT molecular complexity index is 702. The van der Waals surface area contributed by atoms with Gasteiger partial charge < -0.3 is 25.2 Å². The fraction of sp³-hybridized carbons (Fsp3) is 0.400. The highest BCUT2D eigenvalue weighted by atomic mass is 32.1. The van der Waals surface area contributed by atoms with Gasteiger partial charge in [0.05, 0.1) is 11.9 Å². The van der Waals surface area contributed by atoms with Gasteiger partial charge in [-0.15, -0.1) is 0 Å². The molecule has 7 heteroatoms. The summed E-state index contributed by atoms with van der Waals surface area (Å²) in [4.78, 5) is 9.34. The molecular weight excluding hydrogens is 358 g/mol. The molecule has 1 aromatic heterocycles. The van der Waals surface area contributed by atoms with Crippen molar-refractivity contribution in [3.63, 3.8) is 0 Å². The number of rotatable bonds is 7. The summed E-state index contributed by atoms with van der Waals surface area (Å²) < 4.78 is 5.02. The Labute approximate surface area is 166 Å². The van der Waals surface area contributed by atoms with Crippen molar-refractivity contribution in [1.29, 1.82) is 0 Å². The topological polar surface area (TPSA) is 52.7 Å². The quantitative estimate of drug-likeness (QED) is 0.561. The molecule has 1 fully saturated rings. The number of piperazine rings is 1. The average Bonchev–Trinajstić information content (AvgIpc) is 2.73. The van der Waals surface area contributed by atoms with E-state index >= 15 is 0 Å². The summed E-state index contributed by atoms with van der Waals surface area (Å²) in [6.07, 6.45) is 2.76. The molecule has 0 aliphatic carbocycles. The first-order valence-electron chi connectivity index (χ1n) is 9.31. The lowest BCUT2D eigenvalue weighted by molar-refractivity contribution is 0.196. The minimum atomic E-state index is 0.608. The van der Waals surface area contributed by atoms with Gasteiger partial charge in [0.25, 0.3) is 0 Å². The number of nitrogens with one attached hydrogen (secondary N) is 2. The largest absolute Gasteiger partial charge is 0.385 e. The number of hydrogen-bond acceptors (Lipinski definition) is 5. The van der Waals surface area contributed by atoms with Gasteiger partial charge in [-0.25, -0.2) is 4.98 Å². The van der Waals surface area contributed by atoms with Crippen LogP contribution in [0, 0.1) is 0 Å². The normalized spacial score (nSPS) is 14.1. The Morgan fingerprint density at radius 3 is 2.48 bits per heavy atom. The van der Waals surface area contributed by atoms with Crippen LogP contribution in [0.2, 0.25) is 0 Å². The van der Waals surface area contributed by atoms with Crippen LogP contribution in [0.1, 0.15) is 6.42 Å². The molecule has 0 saturated carbocycles. The molecule has 1 aliphatic rings. The lowest BCUT2D eigenvalue weighted by atomic mass is 10.2. The molecule has 144 valence electrons. The predicted octanol–water partition coefficient (Wildman–Crippen LogP) is 2.73. The van der Waals surface area contributed by atoms with Crippen LogP contribution in [0.3, 0.4) is 0 Å². The van der Waals surface area contributed by atoms with Crippen molar-refractivity contribution in [2.24, 2.45) is 0 Å². The summed E-state index contributed by atoms with van der Waals surface area (Å²) in [7, 11) is 1.70. The van der Waals surface area contributed by atoms with E-state index in [1.54, 1.807) is 7.11 Å². The first kappa shape index (κ1) is 19.4. The molecule has 0 atom stereocenters. The van der Waals surface area contributed by atoms with Crippen molar-refractivity contribution in [1.82, 2.24) is 10.3 Å². The van der Waals surface area contributed by atoms with Gasteiger partial charge in [-0.05, 0) is 42.9 Å². The van der Waals surface area contributed by atoms with Gasteiger partial charge in [-0.1, -0.05) is 18.2 Å². The fourth-order valence-corrected chi connectivity index (χ4v) is 3.29. The lowest BCUT2D eigenvalue weighted by Crippen LogP contribution is -2.46. The van der Waals surface area contributed by atoms with Crippen LogP contribution in [0.5, 0.6) is 0 Å².